The first-order valence-electron chi connectivity index (χ1n) is 5.33. The zero-order chi connectivity index (χ0) is 9.52. The van der Waals surface area contributed by atoms with Crippen LogP contribution in [0.25, 0.3) is 0 Å². The quantitative estimate of drug-likeness (QED) is 0.607. The molecule has 0 aromatic heterocycles. The van der Waals surface area contributed by atoms with Crippen molar-refractivity contribution in [2.75, 3.05) is 19.7 Å². The second-order valence-electron chi connectivity index (χ2n) is 3.69. The number of hydrogen-bond acceptors (Lipinski definition) is 3. The summed E-state index contributed by atoms with van der Waals surface area (Å²) in [5.41, 5.74) is 0. The number of ether oxygens (including phenoxy) is 1. The monoisotopic (exact) mass is 187 g/mol. The standard InChI is InChI=1S/C10H21NO2/c1-2-9(12)8-11-6-5-10-4-3-7-13-10/h9-12H,2-8H2,1H3. The van der Waals surface area contributed by atoms with E-state index in [1.807, 2.05) is 6.92 Å². The van der Waals surface area contributed by atoms with Crippen molar-refractivity contribution in [2.24, 2.45) is 0 Å². The Morgan fingerprint density at radius 2 is 2.46 bits per heavy atom. The van der Waals surface area contributed by atoms with Gasteiger partial charge in [-0.25, -0.2) is 0 Å². The SMILES string of the molecule is CCC(O)CNCCC1CCCO1. The molecule has 1 aliphatic rings. The first-order valence-corrected chi connectivity index (χ1v) is 5.33. The first kappa shape index (κ1) is 11.0. The highest BCUT2D eigenvalue weighted by Gasteiger charge is 2.14. The van der Waals surface area contributed by atoms with Gasteiger partial charge in [0, 0.05) is 13.2 Å². The maximum atomic E-state index is 9.26. The normalized spacial score (nSPS) is 24.9. The van der Waals surface area contributed by atoms with Crippen LogP contribution in [0.5, 0.6) is 0 Å². The van der Waals surface area contributed by atoms with Crippen LogP contribution in [0.1, 0.15) is 32.6 Å². The molecule has 1 fully saturated rings. The van der Waals surface area contributed by atoms with E-state index in [0.717, 1.165) is 26.0 Å². The van der Waals surface area contributed by atoms with Gasteiger partial charge in [0.25, 0.3) is 0 Å². The van der Waals surface area contributed by atoms with Crippen molar-refractivity contribution in [3.8, 4) is 0 Å². The van der Waals surface area contributed by atoms with Gasteiger partial charge >= 0.3 is 0 Å². The number of aliphatic hydroxyl groups is 1. The largest absolute Gasteiger partial charge is 0.392 e. The molecule has 3 nitrogen and oxygen atoms in total. The molecule has 0 saturated carbocycles. The Balaban J connectivity index is 1.88. The van der Waals surface area contributed by atoms with Gasteiger partial charge in [-0.1, -0.05) is 6.92 Å². The van der Waals surface area contributed by atoms with Crippen molar-refractivity contribution < 1.29 is 9.84 Å². The van der Waals surface area contributed by atoms with E-state index >= 15 is 0 Å². The van der Waals surface area contributed by atoms with Crippen molar-refractivity contribution in [3.63, 3.8) is 0 Å². The van der Waals surface area contributed by atoms with Gasteiger partial charge in [-0.15, -0.1) is 0 Å². The van der Waals surface area contributed by atoms with Gasteiger partial charge < -0.3 is 15.2 Å². The summed E-state index contributed by atoms with van der Waals surface area (Å²) in [6.45, 7) is 4.60. The molecule has 78 valence electrons. The Kier molecular flexibility index (Phi) is 5.35. The molecule has 1 rings (SSSR count). The number of hydrogen-bond donors (Lipinski definition) is 2. The van der Waals surface area contributed by atoms with Gasteiger partial charge in [-0.3, -0.25) is 0 Å². The average Bonchev–Trinajstić information content (AvgIpc) is 2.64. The zero-order valence-electron chi connectivity index (χ0n) is 8.46. The van der Waals surface area contributed by atoms with Gasteiger partial charge in [0.15, 0.2) is 0 Å². The zero-order valence-corrected chi connectivity index (χ0v) is 8.46. The van der Waals surface area contributed by atoms with Crippen LogP contribution in [0.15, 0.2) is 0 Å². The molecule has 0 aromatic carbocycles. The molecule has 0 radical (unpaired) electrons. The molecule has 2 N–H and O–H groups in total. The van der Waals surface area contributed by atoms with Crippen LogP contribution in [0, 0.1) is 0 Å². The van der Waals surface area contributed by atoms with E-state index in [9.17, 15) is 5.11 Å². The first-order chi connectivity index (χ1) is 6.33. The lowest BCUT2D eigenvalue weighted by atomic mass is 10.2. The Hall–Kier alpha value is -0.120. The molecule has 1 saturated heterocycles. The topological polar surface area (TPSA) is 41.5 Å². The molecule has 3 heteroatoms. The van der Waals surface area contributed by atoms with Crippen LogP contribution in [-0.4, -0.2) is 37.0 Å². The lowest BCUT2D eigenvalue weighted by Gasteiger charge is -2.12. The summed E-state index contributed by atoms with van der Waals surface area (Å²) >= 11 is 0. The molecule has 0 spiro atoms. The van der Waals surface area contributed by atoms with Crippen molar-refractivity contribution in [1.29, 1.82) is 0 Å². The summed E-state index contributed by atoms with van der Waals surface area (Å²) in [5, 5.41) is 12.5. The van der Waals surface area contributed by atoms with E-state index < -0.39 is 0 Å². The molecular formula is C10H21NO2. The van der Waals surface area contributed by atoms with Crippen molar-refractivity contribution in [1.82, 2.24) is 5.32 Å². The van der Waals surface area contributed by atoms with Gasteiger partial charge in [-0.2, -0.15) is 0 Å². The van der Waals surface area contributed by atoms with Crippen LogP contribution in [0.3, 0.4) is 0 Å². The molecular weight excluding hydrogens is 166 g/mol. The third-order valence-corrected chi connectivity index (χ3v) is 2.52. The molecule has 1 heterocycles. The summed E-state index contributed by atoms with van der Waals surface area (Å²) in [6.07, 6.45) is 4.60. The maximum Gasteiger partial charge on any atom is 0.0662 e. The second kappa shape index (κ2) is 6.35. The summed E-state index contributed by atoms with van der Waals surface area (Å²) in [7, 11) is 0. The van der Waals surface area contributed by atoms with Crippen LogP contribution < -0.4 is 5.32 Å². The number of nitrogens with one attached hydrogen (secondary N) is 1. The van der Waals surface area contributed by atoms with E-state index in [0.29, 0.717) is 12.6 Å². The third kappa shape index (κ3) is 4.60. The lowest BCUT2D eigenvalue weighted by Crippen LogP contribution is -2.28. The van der Waals surface area contributed by atoms with Crippen molar-refractivity contribution in [2.45, 2.75) is 44.8 Å². The molecule has 13 heavy (non-hydrogen) atoms. The van der Waals surface area contributed by atoms with Crippen molar-refractivity contribution in [3.05, 3.63) is 0 Å². The molecule has 1 aliphatic heterocycles. The number of rotatable bonds is 6. The number of aliphatic hydroxyl groups excluding tert-OH is 1. The third-order valence-electron chi connectivity index (χ3n) is 2.52. The summed E-state index contributed by atoms with van der Waals surface area (Å²) < 4.78 is 5.48. The van der Waals surface area contributed by atoms with E-state index in [2.05, 4.69) is 5.32 Å². The molecule has 0 amide bonds. The fraction of sp³-hybridized carbons (Fsp3) is 1.00. The highest BCUT2D eigenvalue weighted by molar-refractivity contribution is 4.66. The Bertz CT molecular complexity index is 124. The van der Waals surface area contributed by atoms with Crippen LogP contribution in [0.2, 0.25) is 0 Å². The fourth-order valence-electron chi connectivity index (χ4n) is 1.55. The van der Waals surface area contributed by atoms with Crippen LogP contribution in [0.4, 0.5) is 0 Å². The van der Waals surface area contributed by atoms with Gasteiger partial charge in [0.05, 0.1) is 12.2 Å². The molecule has 2 atom stereocenters. The predicted octanol–water partition coefficient (Wildman–Crippen LogP) is 0.916. The van der Waals surface area contributed by atoms with E-state index in [1.54, 1.807) is 0 Å². The average molecular weight is 187 g/mol. The fourth-order valence-corrected chi connectivity index (χ4v) is 1.55. The van der Waals surface area contributed by atoms with E-state index in [4.69, 9.17) is 4.74 Å². The maximum absolute atomic E-state index is 9.26. The smallest absolute Gasteiger partial charge is 0.0662 e. The summed E-state index contributed by atoms with van der Waals surface area (Å²) in [5.74, 6) is 0. The minimum atomic E-state index is -0.190. The Morgan fingerprint density at radius 3 is 3.08 bits per heavy atom. The highest BCUT2D eigenvalue weighted by Crippen LogP contribution is 2.14. The minimum absolute atomic E-state index is 0.190. The Labute approximate surface area is 80.5 Å². The van der Waals surface area contributed by atoms with Gasteiger partial charge in [0.1, 0.15) is 0 Å². The lowest BCUT2D eigenvalue weighted by molar-refractivity contribution is 0.102. The highest BCUT2D eigenvalue weighted by atomic mass is 16.5. The molecule has 0 aromatic rings. The minimum Gasteiger partial charge on any atom is -0.392 e. The predicted molar refractivity (Wildman–Crippen MR) is 52.8 cm³/mol. The van der Waals surface area contributed by atoms with Gasteiger partial charge in [-0.05, 0) is 32.2 Å². The summed E-state index contributed by atoms with van der Waals surface area (Å²) in [6, 6.07) is 0. The molecule has 0 aliphatic carbocycles. The Morgan fingerprint density at radius 1 is 1.62 bits per heavy atom. The van der Waals surface area contributed by atoms with Crippen LogP contribution in [-0.2, 0) is 4.74 Å². The van der Waals surface area contributed by atoms with Crippen LogP contribution >= 0.6 is 0 Å². The molecule has 0 bridgehead atoms. The van der Waals surface area contributed by atoms with Gasteiger partial charge in [0.2, 0.25) is 0 Å². The summed E-state index contributed by atoms with van der Waals surface area (Å²) in [4.78, 5) is 0. The van der Waals surface area contributed by atoms with E-state index in [1.165, 1.54) is 12.8 Å². The van der Waals surface area contributed by atoms with E-state index in [-0.39, 0.29) is 6.10 Å². The molecule has 2 unspecified atom stereocenters. The van der Waals surface area contributed by atoms with Crippen molar-refractivity contribution >= 4 is 0 Å². The second-order valence-corrected chi connectivity index (χ2v) is 3.69.